The summed E-state index contributed by atoms with van der Waals surface area (Å²) in [5.74, 6) is 1.31. The van der Waals surface area contributed by atoms with Crippen molar-refractivity contribution in [3.63, 3.8) is 0 Å². The van der Waals surface area contributed by atoms with Gasteiger partial charge in [-0.1, -0.05) is 12.1 Å². The Balaban J connectivity index is 0.00000289. The summed E-state index contributed by atoms with van der Waals surface area (Å²) >= 11 is 0. The molecule has 0 heterocycles. The van der Waals surface area contributed by atoms with E-state index < -0.39 is 0 Å². The van der Waals surface area contributed by atoms with Crippen molar-refractivity contribution in [1.82, 2.24) is 5.32 Å². The maximum Gasteiger partial charge on any atom is 0.189 e. The molecule has 0 fully saturated rings. The maximum atomic E-state index is 5.78. The van der Waals surface area contributed by atoms with Crippen molar-refractivity contribution in [2.75, 3.05) is 7.11 Å². The van der Waals surface area contributed by atoms with Crippen LogP contribution in [0.2, 0.25) is 0 Å². The second-order valence-electron chi connectivity index (χ2n) is 4.92. The zero-order valence-corrected chi connectivity index (χ0v) is 13.7. The number of hydrogen-bond donors (Lipinski definition) is 2. The summed E-state index contributed by atoms with van der Waals surface area (Å²) in [6.45, 7) is 6.70. The standard InChI is InChI=1S/C13H21N3O.HI/c1-13(2,3)16-12(14)15-9-10-5-7-11(17-4)8-6-10;/h5-8H,9H2,1-4H3,(H3,14,15,16);1H. The van der Waals surface area contributed by atoms with Gasteiger partial charge in [0.2, 0.25) is 0 Å². The molecular formula is C13H22IN3O. The molecule has 18 heavy (non-hydrogen) atoms. The van der Waals surface area contributed by atoms with Crippen molar-refractivity contribution < 1.29 is 4.74 Å². The number of hydrogen-bond acceptors (Lipinski definition) is 2. The second-order valence-corrected chi connectivity index (χ2v) is 4.92. The van der Waals surface area contributed by atoms with Crippen molar-refractivity contribution in [1.29, 1.82) is 0 Å². The lowest BCUT2D eigenvalue weighted by Gasteiger charge is -2.20. The lowest BCUT2D eigenvalue weighted by molar-refractivity contribution is 0.414. The van der Waals surface area contributed by atoms with Crippen LogP contribution in [0, 0.1) is 0 Å². The SMILES string of the molecule is COc1ccc(CN=C(N)NC(C)(C)C)cc1.I. The molecule has 0 bridgehead atoms. The van der Waals surface area contributed by atoms with Crippen LogP contribution in [0.15, 0.2) is 29.3 Å². The number of aliphatic imine (C=N–C) groups is 1. The topological polar surface area (TPSA) is 59.6 Å². The van der Waals surface area contributed by atoms with Gasteiger partial charge in [0.05, 0.1) is 13.7 Å². The number of nitrogens with one attached hydrogen (secondary N) is 1. The van der Waals surface area contributed by atoms with Gasteiger partial charge in [0.1, 0.15) is 5.75 Å². The fraction of sp³-hybridized carbons (Fsp3) is 0.462. The van der Waals surface area contributed by atoms with Gasteiger partial charge >= 0.3 is 0 Å². The van der Waals surface area contributed by atoms with Crippen LogP contribution in [-0.2, 0) is 6.54 Å². The Labute approximate surface area is 126 Å². The number of rotatable bonds is 3. The van der Waals surface area contributed by atoms with Crippen LogP contribution >= 0.6 is 24.0 Å². The smallest absolute Gasteiger partial charge is 0.189 e. The fourth-order valence-electron chi connectivity index (χ4n) is 1.33. The third-order valence-corrected chi connectivity index (χ3v) is 2.09. The van der Waals surface area contributed by atoms with E-state index in [1.165, 1.54) is 0 Å². The van der Waals surface area contributed by atoms with Crippen LogP contribution in [0.5, 0.6) is 5.75 Å². The first kappa shape index (κ1) is 17.0. The third kappa shape index (κ3) is 6.68. The molecule has 0 saturated carbocycles. The Bertz CT molecular complexity index is 382. The molecule has 5 heteroatoms. The van der Waals surface area contributed by atoms with E-state index in [4.69, 9.17) is 10.5 Å². The van der Waals surface area contributed by atoms with Gasteiger partial charge in [-0.2, -0.15) is 0 Å². The van der Waals surface area contributed by atoms with Gasteiger partial charge in [-0.05, 0) is 38.5 Å². The Hall–Kier alpha value is -0.980. The normalized spacial score (nSPS) is 11.7. The number of benzene rings is 1. The number of guanidine groups is 1. The number of ether oxygens (including phenoxy) is 1. The highest BCUT2D eigenvalue weighted by atomic mass is 127. The minimum absolute atomic E-state index is 0. The highest BCUT2D eigenvalue weighted by Crippen LogP contribution is 2.11. The lowest BCUT2D eigenvalue weighted by atomic mass is 10.1. The van der Waals surface area contributed by atoms with E-state index in [0.717, 1.165) is 11.3 Å². The van der Waals surface area contributed by atoms with E-state index >= 15 is 0 Å². The third-order valence-electron chi connectivity index (χ3n) is 2.09. The molecule has 0 saturated heterocycles. The number of nitrogens with two attached hydrogens (primary N) is 1. The Morgan fingerprint density at radius 2 is 1.83 bits per heavy atom. The Kier molecular flexibility index (Phi) is 7.05. The highest BCUT2D eigenvalue weighted by molar-refractivity contribution is 14.0. The van der Waals surface area contributed by atoms with Gasteiger partial charge in [0.25, 0.3) is 0 Å². The predicted octanol–water partition coefficient (Wildman–Crippen LogP) is 2.52. The van der Waals surface area contributed by atoms with Crippen LogP contribution in [0.4, 0.5) is 0 Å². The molecule has 0 unspecified atom stereocenters. The van der Waals surface area contributed by atoms with Crippen molar-refractivity contribution in [2.45, 2.75) is 32.9 Å². The molecule has 4 nitrogen and oxygen atoms in total. The summed E-state index contributed by atoms with van der Waals surface area (Å²) in [7, 11) is 1.65. The summed E-state index contributed by atoms with van der Waals surface area (Å²) in [4.78, 5) is 4.28. The summed E-state index contributed by atoms with van der Waals surface area (Å²) in [6.07, 6.45) is 0. The quantitative estimate of drug-likeness (QED) is 0.493. The highest BCUT2D eigenvalue weighted by Gasteiger charge is 2.09. The molecule has 0 aromatic heterocycles. The molecule has 3 N–H and O–H groups in total. The largest absolute Gasteiger partial charge is 0.497 e. The Morgan fingerprint density at radius 3 is 2.28 bits per heavy atom. The predicted molar refractivity (Wildman–Crippen MR) is 86.6 cm³/mol. The molecule has 0 amide bonds. The second kappa shape index (κ2) is 7.45. The van der Waals surface area contributed by atoms with Crippen LogP contribution in [0.3, 0.4) is 0 Å². The molecule has 0 atom stereocenters. The molecule has 0 aliphatic carbocycles. The van der Waals surface area contributed by atoms with Gasteiger partial charge < -0.3 is 15.8 Å². The summed E-state index contributed by atoms with van der Waals surface area (Å²) in [6, 6.07) is 7.79. The fourth-order valence-corrected chi connectivity index (χ4v) is 1.33. The minimum atomic E-state index is -0.0620. The minimum Gasteiger partial charge on any atom is -0.497 e. The zero-order chi connectivity index (χ0) is 12.9. The van der Waals surface area contributed by atoms with Gasteiger partial charge in [0.15, 0.2) is 5.96 Å². The molecule has 0 aliphatic heterocycles. The first-order valence-corrected chi connectivity index (χ1v) is 5.62. The van der Waals surface area contributed by atoms with E-state index in [9.17, 15) is 0 Å². The Morgan fingerprint density at radius 1 is 1.28 bits per heavy atom. The summed E-state index contributed by atoms with van der Waals surface area (Å²) in [5, 5.41) is 3.11. The molecule has 0 radical (unpaired) electrons. The van der Waals surface area contributed by atoms with Crippen LogP contribution in [-0.4, -0.2) is 18.6 Å². The van der Waals surface area contributed by atoms with Gasteiger partial charge in [-0.15, -0.1) is 24.0 Å². The molecule has 1 rings (SSSR count). The van der Waals surface area contributed by atoms with E-state index in [1.54, 1.807) is 7.11 Å². The van der Waals surface area contributed by atoms with Crippen molar-refractivity contribution in [3.8, 4) is 5.75 Å². The molecule has 1 aromatic rings. The maximum absolute atomic E-state index is 5.78. The molecule has 1 aromatic carbocycles. The van der Waals surface area contributed by atoms with Crippen molar-refractivity contribution in [2.24, 2.45) is 10.7 Å². The van der Waals surface area contributed by atoms with E-state index in [-0.39, 0.29) is 29.5 Å². The van der Waals surface area contributed by atoms with Crippen LogP contribution in [0.25, 0.3) is 0 Å². The summed E-state index contributed by atoms with van der Waals surface area (Å²) < 4.78 is 5.09. The van der Waals surface area contributed by atoms with E-state index in [1.807, 2.05) is 45.0 Å². The first-order valence-electron chi connectivity index (χ1n) is 5.62. The average Bonchev–Trinajstić information content (AvgIpc) is 2.25. The van der Waals surface area contributed by atoms with Crippen LogP contribution in [0.1, 0.15) is 26.3 Å². The molecule has 0 spiro atoms. The average molecular weight is 363 g/mol. The monoisotopic (exact) mass is 363 g/mol. The van der Waals surface area contributed by atoms with Gasteiger partial charge in [-0.3, -0.25) is 0 Å². The van der Waals surface area contributed by atoms with Crippen molar-refractivity contribution in [3.05, 3.63) is 29.8 Å². The van der Waals surface area contributed by atoms with Crippen molar-refractivity contribution >= 4 is 29.9 Å². The van der Waals surface area contributed by atoms with Gasteiger partial charge in [-0.25, -0.2) is 4.99 Å². The lowest BCUT2D eigenvalue weighted by Crippen LogP contribution is -2.44. The summed E-state index contributed by atoms with van der Waals surface area (Å²) in [5.41, 5.74) is 6.82. The molecule has 102 valence electrons. The first-order chi connectivity index (χ1) is 7.90. The number of halogens is 1. The molecular weight excluding hydrogens is 341 g/mol. The van der Waals surface area contributed by atoms with E-state index in [2.05, 4.69) is 10.3 Å². The van der Waals surface area contributed by atoms with Crippen LogP contribution < -0.4 is 15.8 Å². The zero-order valence-electron chi connectivity index (χ0n) is 11.4. The molecule has 0 aliphatic rings. The number of methoxy groups -OCH3 is 1. The van der Waals surface area contributed by atoms with E-state index in [0.29, 0.717) is 12.5 Å². The van der Waals surface area contributed by atoms with Gasteiger partial charge in [0, 0.05) is 5.54 Å². The number of nitrogens with zero attached hydrogens (tertiary/aromatic N) is 1.